The van der Waals surface area contributed by atoms with Gasteiger partial charge in [-0.1, -0.05) is 0 Å². The molecule has 1 saturated carbocycles. The van der Waals surface area contributed by atoms with E-state index >= 15 is 0 Å². The normalized spacial score (nSPS) is 17.1. The largest absolute Gasteiger partial charge is 0.573 e. The lowest BCUT2D eigenvalue weighted by atomic mass is 10.2. The van der Waals surface area contributed by atoms with Gasteiger partial charge >= 0.3 is 6.36 Å². The average molecular weight is 276 g/mol. The maximum absolute atomic E-state index is 12.0. The van der Waals surface area contributed by atoms with Gasteiger partial charge in [0.15, 0.2) is 0 Å². The van der Waals surface area contributed by atoms with E-state index in [2.05, 4.69) is 9.72 Å². The van der Waals surface area contributed by atoms with E-state index in [9.17, 15) is 18.3 Å². The van der Waals surface area contributed by atoms with E-state index in [-0.39, 0.29) is 5.75 Å². The Morgan fingerprint density at radius 3 is 2.63 bits per heavy atom. The second-order valence-electron chi connectivity index (χ2n) is 4.69. The quantitative estimate of drug-likeness (QED) is 0.895. The maximum Gasteiger partial charge on any atom is 0.573 e. The Balaban J connectivity index is 1.93. The first-order valence-electron chi connectivity index (χ1n) is 5.96. The first-order chi connectivity index (χ1) is 8.85. The van der Waals surface area contributed by atoms with Crippen LogP contribution in [0.1, 0.15) is 12.8 Å². The van der Waals surface area contributed by atoms with Crippen molar-refractivity contribution in [3.8, 4) is 5.75 Å². The lowest BCUT2D eigenvalue weighted by Crippen LogP contribution is -2.30. The standard InChI is InChI=1S/C12H15F3N2O2/c1-17(7-10(18)8-2-3-8)11-5-4-9(6-16-11)19-12(13,14)15/h4-6,8,10,18H,2-3,7H2,1H3. The van der Waals surface area contributed by atoms with Gasteiger partial charge in [0.2, 0.25) is 0 Å². The molecular weight excluding hydrogens is 261 g/mol. The molecule has 1 atom stereocenters. The molecule has 7 heteroatoms. The highest BCUT2D eigenvalue weighted by atomic mass is 19.4. The molecule has 1 N–H and O–H groups in total. The number of likely N-dealkylation sites (N-methyl/N-ethyl adjacent to an activating group) is 1. The van der Waals surface area contributed by atoms with Gasteiger partial charge in [0.05, 0.1) is 12.3 Å². The number of halogens is 3. The van der Waals surface area contributed by atoms with E-state index in [0.29, 0.717) is 18.3 Å². The summed E-state index contributed by atoms with van der Waals surface area (Å²) in [6.07, 6.45) is -2.06. The van der Waals surface area contributed by atoms with Gasteiger partial charge in [-0.2, -0.15) is 0 Å². The second-order valence-corrected chi connectivity index (χ2v) is 4.69. The number of aromatic nitrogens is 1. The molecule has 1 unspecified atom stereocenters. The Bertz CT molecular complexity index is 418. The van der Waals surface area contributed by atoms with Crippen LogP contribution in [0.4, 0.5) is 19.0 Å². The Kier molecular flexibility index (Phi) is 3.84. The zero-order chi connectivity index (χ0) is 14.0. The number of pyridine rings is 1. The topological polar surface area (TPSA) is 45.6 Å². The summed E-state index contributed by atoms with van der Waals surface area (Å²) in [7, 11) is 1.73. The highest BCUT2D eigenvalue weighted by Crippen LogP contribution is 2.33. The minimum absolute atomic E-state index is 0.343. The maximum atomic E-state index is 12.0. The molecule has 0 saturated heterocycles. The number of nitrogens with zero attached hydrogens (tertiary/aromatic N) is 2. The molecule has 1 aliphatic rings. The molecule has 1 aromatic rings. The minimum atomic E-state index is -4.71. The van der Waals surface area contributed by atoms with Crippen molar-refractivity contribution in [2.24, 2.45) is 5.92 Å². The Hall–Kier alpha value is -1.50. The summed E-state index contributed by atoms with van der Waals surface area (Å²) in [6.45, 7) is 0.414. The Morgan fingerprint density at radius 2 is 2.16 bits per heavy atom. The number of aliphatic hydroxyl groups excluding tert-OH is 1. The van der Waals surface area contributed by atoms with E-state index < -0.39 is 12.5 Å². The van der Waals surface area contributed by atoms with E-state index in [1.807, 2.05) is 0 Å². The fraction of sp³-hybridized carbons (Fsp3) is 0.583. The summed E-state index contributed by atoms with van der Waals surface area (Å²) in [5, 5.41) is 9.79. The van der Waals surface area contributed by atoms with Crippen LogP contribution in [0.15, 0.2) is 18.3 Å². The molecule has 1 fully saturated rings. The third-order valence-electron chi connectivity index (χ3n) is 2.97. The first kappa shape index (κ1) is 13.9. The molecule has 1 aromatic heterocycles. The number of ether oxygens (including phenoxy) is 1. The van der Waals surface area contributed by atoms with Crippen LogP contribution in [-0.2, 0) is 0 Å². The van der Waals surface area contributed by atoms with Gasteiger partial charge in [-0.05, 0) is 30.9 Å². The monoisotopic (exact) mass is 276 g/mol. The first-order valence-corrected chi connectivity index (χ1v) is 5.96. The van der Waals surface area contributed by atoms with Crippen LogP contribution in [0, 0.1) is 5.92 Å². The fourth-order valence-electron chi connectivity index (χ4n) is 1.80. The van der Waals surface area contributed by atoms with Crippen LogP contribution in [0.3, 0.4) is 0 Å². The number of rotatable bonds is 5. The summed E-state index contributed by atoms with van der Waals surface area (Å²) in [5.74, 6) is 0.483. The molecule has 1 aliphatic carbocycles. The summed E-state index contributed by atoms with van der Waals surface area (Å²) in [5.41, 5.74) is 0. The molecule has 0 aliphatic heterocycles. The molecule has 4 nitrogen and oxygen atoms in total. The predicted molar refractivity (Wildman–Crippen MR) is 62.9 cm³/mol. The fourth-order valence-corrected chi connectivity index (χ4v) is 1.80. The predicted octanol–water partition coefficient (Wildman–Crippen LogP) is 2.19. The van der Waals surface area contributed by atoms with Crippen molar-refractivity contribution in [3.05, 3.63) is 18.3 Å². The van der Waals surface area contributed by atoms with Crippen molar-refractivity contribution in [1.29, 1.82) is 0 Å². The molecule has 1 heterocycles. The van der Waals surface area contributed by atoms with E-state index in [1.165, 1.54) is 12.1 Å². The molecule has 19 heavy (non-hydrogen) atoms. The SMILES string of the molecule is CN(CC(O)C1CC1)c1ccc(OC(F)(F)F)cn1. The Morgan fingerprint density at radius 1 is 1.47 bits per heavy atom. The molecule has 0 aromatic carbocycles. The molecule has 106 valence electrons. The molecular formula is C12H15F3N2O2. The number of alkyl halides is 3. The highest BCUT2D eigenvalue weighted by molar-refractivity contribution is 5.40. The van der Waals surface area contributed by atoms with E-state index in [0.717, 1.165) is 19.0 Å². The third kappa shape index (κ3) is 4.27. The van der Waals surface area contributed by atoms with Crippen LogP contribution in [0.25, 0.3) is 0 Å². The summed E-state index contributed by atoms with van der Waals surface area (Å²) in [4.78, 5) is 5.59. The number of hydrogen-bond donors (Lipinski definition) is 1. The van der Waals surface area contributed by atoms with Gasteiger partial charge in [-0.15, -0.1) is 13.2 Å². The molecule has 0 bridgehead atoms. The summed E-state index contributed by atoms with van der Waals surface area (Å²) < 4.78 is 39.7. The van der Waals surface area contributed by atoms with Crippen LogP contribution in [0.2, 0.25) is 0 Å². The second kappa shape index (κ2) is 5.24. The van der Waals surface area contributed by atoms with Crippen molar-refractivity contribution in [2.45, 2.75) is 25.3 Å². The molecule has 0 amide bonds. The lowest BCUT2D eigenvalue weighted by Gasteiger charge is -2.21. The van der Waals surface area contributed by atoms with Crippen molar-refractivity contribution in [2.75, 3.05) is 18.5 Å². The zero-order valence-corrected chi connectivity index (χ0v) is 10.4. The third-order valence-corrected chi connectivity index (χ3v) is 2.97. The van der Waals surface area contributed by atoms with Crippen LogP contribution < -0.4 is 9.64 Å². The minimum Gasteiger partial charge on any atom is -0.404 e. The molecule has 0 radical (unpaired) electrons. The Labute approximate surface area is 108 Å². The van der Waals surface area contributed by atoms with Gasteiger partial charge < -0.3 is 14.7 Å². The molecule has 2 rings (SSSR count). The van der Waals surface area contributed by atoms with Gasteiger partial charge in [0.25, 0.3) is 0 Å². The van der Waals surface area contributed by atoms with Crippen LogP contribution in [-0.4, -0.2) is 36.1 Å². The summed E-state index contributed by atoms with van der Waals surface area (Å²) >= 11 is 0. The number of hydrogen-bond acceptors (Lipinski definition) is 4. The van der Waals surface area contributed by atoms with Gasteiger partial charge in [0.1, 0.15) is 11.6 Å². The van der Waals surface area contributed by atoms with Gasteiger partial charge in [0, 0.05) is 13.6 Å². The smallest absolute Gasteiger partial charge is 0.404 e. The van der Waals surface area contributed by atoms with Crippen LogP contribution >= 0.6 is 0 Å². The highest BCUT2D eigenvalue weighted by Gasteiger charge is 2.32. The van der Waals surface area contributed by atoms with Gasteiger partial charge in [-0.3, -0.25) is 0 Å². The van der Waals surface area contributed by atoms with E-state index in [1.54, 1.807) is 11.9 Å². The average Bonchev–Trinajstić information content (AvgIpc) is 3.11. The van der Waals surface area contributed by atoms with Gasteiger partial charge in [-0.25, -0.2) is 4.98 Å². The lowest BCUT2D eigenvalue weighted by molar-refractivity contribution is -0.274. The summed E-state index contributed by atoms with van der Waals surface area (Å²) in [6, 6.07) is 2.64. The molecule has 0 spiro atoms. The number of anilines is 1. The van der Waals surface area contributed by atoms with Crippen molar-refractivity contribution < 1.29 is 23.0 Å². The van der Waals surface area contributed by atoms with Crippen molar-refractivity contribution in [1.82, 2.24) is 4.98 Å². The zero-order valence-electron chi connectivity index (χ0n) is 10.4. The van der Waals surface area contributed by atoms with E-state index in [4.69, 9.17) is 0 Å². The van der Waals surface area contributed by atoms with Crippen molar-refractivity contribution in [3.63, 3.8) is 0 Å². The van der Waals surface area contributed by atoms with Crippen LogP contribution in [0.5, 0.6) is 5.75 Å². The number of aliphatic hydroxyl groups is 1. The van der Waals surface area contributed by atoms with Crippen molar-refractivity contribution >= 4 is 5.82 Å².